The van der Waals surface area contributed by atoms with Gasteiger partial charge in [0.25, 0.3) is 11.6 Å². The summed E-state index contributed by atoms with van der Waals surface area (Å²) in [4.78, 5) is 27.0. The van der Waals surface area contributed by atoms with Crippen LogP contribution in [0, 0.1) is 15.9 Å². The summed E-state index contributed by atoms with van der Waals surface area (Å²) in [6.45, 7) is 0.843. The fourth-order valence-electron chi connectivity index (χ4n) is 2.68. The van der Waals surface area contributed by atoms with Crippen molar-refractivity contribution in [2.45, 2.75) is 12.8 Å². The molecule has 1 N–H and O–H groups in total. The van der Waals surface area contributed by atoms with Gasteiger partial charge in [0.2, 0.25) is 0 Å². The number of unbranched alkanes of at least 4 members (excludes halogenated alkanes) is 1. The van der Waals surface area contributed by atoms with Crippen molar-refractivity contribution in [2.24, 2.45) is 0 Å². The van der Waals surface area contributed by atoms with Gasteiger partial charge < -0.3 is 14.6 Å². The summed E-state index contributed by atoms with van der Waals surface area (Å²) in [5.41, 5.74) is 0.369. The monoisotopic (exact) mass is 398 g/mol. The molecule has 3 aromatic rings. The van der Waals surface area contributed by atoms with Crippen LogP contribution in [0.2, 0.25) is 0 Å². The number of carbonyl (C=O) groups is 1. The number of carbonyl (C=O) groups excluding carboxylic acids is 1. The number of hydrogen-bond donors (Lipinski definition) is 1. The van der Waals surface area contributed by atoms with Gasteiger partial charge in [0.05, 0.1) is 17.9 Å². The molecule has 1 amide bonds. The number of hydrogen-bond acceptors (Lipinski definition) is 5. The van der Waals surface area contributed by atoms with Gasteiger partial charge in [0.15, 0.2) is 0 Å². The van der Waals surface area contributed by atoms with Crippen molar-refractivity contribution in [3.05, 3.63) is 82.7 Å². The van der Waals surface area contributed by atoms with Gasteiger partial charge in [-0.05, 0) is 49.2 Å². The first-order valence-corrected chi connectivity index (χ1v) is 8.98. The summed E-state index contributed by atoms with van der Waals surface area (Å²) in [5.74, 6) is -0.121. The predicted octanol–water partition coefficient (Wildman–Crippen LogP) is 3.51. The average Bonchev–Trinajstić information content (AvgIpc) is 3.26. The molecule has 0 aliphatic carbocycles. The molecule has 150 valence electrons. The molecular formula is C20H19FN4O4. The zero-order valence-electron chi connectivity index (χ0n) is 15.5. The molecule has 0 bridgehead atoms. The molecule has 3 rings (SSSR count). The van der Waals surface area contributed by atoms with Crippen LogP contribution in [-0.2, 0) is 0 Å². The van der Waals surface area contributed by atoms with E-state index in [1.807, 2.05) is 0 Å². The summed E-state index contributed by atoms with van der Waals surface area (Å²) >= 11 is 0. The Labute approximate surface area is 166 Å². The molecule has 0 fully saturated rings. The highest BCUT2D eigenvalue weighted by Crippen LogP contribution is 2.24. The molecule has 0 unspecified atom stereocenters. The number of amides is 1. The third-order valence-corrected chi connectivity index (χ3v) is 4.16. The topological polar surface area (TPSA) is 99.3 Å². The summed E-state index contributed by atoms with van der Waals surface area (Å²) in [6, 6.07) is 10.1. The van der Waals surface area contributed by atoms with Crippen LogP contribution in [0.3, 0.4) is 0 Å². The van der Waals surface area contributed by atoms with Gasteiger partial charge in [-0.1, -0.05) is 0 Å². The maximum absolute atomic E-state index is 12.8. The first-order chi connectivity index (χ1) is 14.0. The molecule has 1 aromatic heterocycles. The van der Waals surface area contributed by atoms with Gasteiger partial charge in [0.1, 0.15) is 17.3 Å². The Kier molecular flexibility index (Phi) is 6.51. The van der Waals surface area contributed by atoms with Crippen molar-refractivity contribution in [1.29, 1.82) is 0 Å². The molecular weight excluding hydrogens is 379 g/mol. The number of imidazole rings is 1. The third-order valence-electron chi connectivity index (χ3n) is 4.16. The van der Waals surface area contributed by atoms with Crippen molar-refractivity contribution in [3.8, 4) is 11.4 Å². The Balaban J connectivity index is 1.48. The highest BCUT2D eigenvalue weighted by Gasteiger charge is 2.18. The van der Waals surface area contributed by atoms with E-state index in [-0.39, 0.29) is 23.0 Å². The summed E-state index contributed by atoms with van der Waals surface area (Å²) < 4.78 is 19.8. The molecule has 0 aliphatic rings. The maximum Gasteiger partial charge on any atom is 0.294 e. The Bertz CT molecular complexity index is 975. The molecule has 1 heterocycles. The molecule has 0 spiro atoms. The molecule has 0 saturated carbocycles. The normalized spacial score (nSPS) is 10.5. The van der Waals surface area contributed by atoms with Crippen molar-refractivity contribution in [1.82, 2.24) is 14.9 Å². The van der Waals surface area contributed by atoms with E-state index < -0.39 is 4.92 Å². The van der Waals surface area contributed by atoms with Crippen molar-refractivity contribution < 1.29 is 18.8 Å². The highest BCUT2D eigenvalue weighted by atomic mass is 19.1. The number of nitro benzene ring substituents is 1. The predicted molar refractivity (Wildman–Crippen MR) is 104 cm³/mol. The summed E-state index contributed by atoms with van der Waals surface area (Å²) in [5, 5.41) is 14.1. The number of halogens is 1. The van der Waals surface area contributed by atoms with Crippen LogP contribution in [0.15, 0.2) is 61.2 Å². The van der Waals surface area contributed by atoms with E-state index in [9.17, 15) is 19.3 Å². The van der Waals surface area contributed by atoms with Gasteiger partial charge in [-0.25, -0.2) is 9.37 Å². The molecule has 0 saturated heterocycles. The average molecular weight is 398 g/mol. The van der Waals surface area contributed by atoms with E-state index in [0.29, 0.717) is 37.4 Å². The number of benzene rings is 2. The molecule has 0 aliphatic heterocycles. The standard InChI is InChI=1S/C20H19FN4O4/c21-16-4-6-17(7-5-16)29-12-2-1-9-23-20(26)15-3-8-18(19(13-15)25(27)28)24-11-10-22-14-24/h3-8,10-11,13-14H,1-2,9,12H2,(H,23,26). The van der Waals surface area contributed by atoms with Crippen LogP contribution in [0.25, 0.3) is 5.69 Å². The Hall–Kier alpha value is -3.75. The quantitative estimate of drug-likeness (QED) is 0.338. The van der Waals surface area contributed by atoms with Gasteiger partial charge in [-0.3, -0.25) is 14.9 Å². The second-order valence-electron chi connectivity index (χ2n) is 6.20. The van der Waals surface area contributed by atoms with Crippen molar-refractivity contribution >= 4 is 11.6 Å². The Morgan fingerprint density at radius 1 is 1.21 bits per heavy atom. The number of rotatable bonds is 9. The minimum atomic E-state index is -0.529. The largest absolute Gasteiger partial charge is 0.494 e. The van der Waals surface area contributed by atoms with Crippen LogP contribution in [0.4, 0.5) is 10.1 Å². The van der Waals surface area contributed by atoms with Gasteiger partial charge >= 0.3 is 0 Å². The number of nitro groups is 1. The van der Waals surface area contributed by atoms with E-state index in [0.717, 1.165) is 0 Å². The van der Waals surface area contributed by atoms with E-state index in [2.05, 4.69) is 10.3 Å². The van der Waals surface area contributed by atoms with E-state index in [1.54, 1.807) is 18.3 Å². The second-order valence-corrected chi connectivity index (χ2v) is 6.20. The lowest BCUT2D eigenvalue weighted by Crippen LogP contribution is -2.24. The number of nitrogens with one attached hydrogen (secondary N) is 1. The molecule has 8 nitrogen and oxygen atoms in total. The van der Waals surface area contributed by atoms with Crippen LogP contribution in [0.5, 0.6) is 5.75 Å². The van der Waals surface area contributed by atoms with Gasteiger partial charge in [0, 0.05) is 30.6 Å². The minimum Gasteiger partial charge on any atom is -0.494 e. The van der Waals surface area contributed by atoms with Crippen LogP contribution in [-0.4, -0.2) is 33.5 Å². The lowest BCUT2D eigenvalue weighted by Gasteiger charge is -2.08. The van der Waals surface area contributed by atoms with Gasteiger partial charge in [-0.2, -0.15) is 0 Å². The number of aromatic nitrogens is 2. The SMILES string of the molecule is O=C(NCCCCOc1ccc(F)cc1)c1ccc(-n2ccnc2)c([N+](=O)[O-])c1. The zero-order valence-corrected chi connectivity index (χ0v) is 15.5. The molecule has 2 aromatic carbocycles. The van der Waals surface area contributed by atoms with E-state index >= 15 is 0 Å². The van der Waals surface area contributed by atoms with Crippen molar-refractivity contribution in [3.63, 3.8) is 0 Å². The van der Waals surface area contributed by atoms with E-state index in [1.165, 1.54) is 47.4 Å². The van der Waals surface area contributed by atoms with Crippen LogP contribution < -0.4 is 10.1 Å². The number of ether oxygens (including phenoxy) is 1. The third kappa shape index (κ3) is 5.38. The molecule has 9 heteroatoms. The fraction of sp³-hybridized carbons (Fsp3) is 0.200. The Morgan fingerprint density at radius 3 is 2.69 bits per heavy atom. The number of nitrogens with zero attached hydrogens (tertiary/aromatic N) is 3. The second kappa shape index (κ2) is 9.45. The lowest BCUT2D eigenvalue weighted by atomic mass is 10.1. The first kappa shape index (κ1) is 20.0. The first-order valence-electron chi connectivity index (χ1n) is 8.98. The minimum absolute atomic E-state index is 0.177. The lowest BCUT2D eigenvalue weighted by molar-refractivity contribution is -0.384. The van der Waals surface area contributed by atoms with Crippen molar-refractivity contribution in [2.75, 3.05) is 13.2 Å². The van der Waals surface area contributed by atoms with E-state index in [4.69, 9.17) is 4.74 Å². The molecule has 0 atom stereocenters. The highest BCUT2D eigenvalue weighted by molar-refractivity contribution is 5.95. The van der Waals surface area contributed by atoms with Gasteiger partial charge in [-0.15, -0.1) is 0 Å². The van der Waals surface area contributed by atoms with Crippen LogP contribution in [0.1, 0.15) is 23.2 Å². The summed E-state index contributed by atoms with van der Waals surface area (Å²) in [7, 11) is 0. The maximum atomic E-state index is 12.8. The molecule has 29 heavy (non-hydrogen) atoms. The fourth-order valence-corrected chi connectivity index (χ4v) is 2.68. The zero-order chi connectivity index (χ0) is 20.6. The van der Waals surface area contributed by atoms with Crippen LogP contribution >= 0.6 is 0 Å². The summed E-state index contributed by atoms with van der Waals surface area (Å²) in [6.07, 6.45) is 5.93. The smallest absolute Gasteiger partial charge is 0.294 e. The Morgan fingerprint density at radius 2 is 2.00 bits per heavy atom. The molecule has 0 radical (unpaired) electrons.